The Kier molecular flexibility index (Phi) is 11.0. The second-order valence-electron chi connectivity index (χ2n) is 4.25. The molecule has 6 heteroatoms. The van der Waals surface area contributed by atoms with Crippen molar-refractivity contribution in [3.05, 3.63) is 0 Å². The van der Waals surface area contributed by atoms with Crippen molar-refractivity contribution >= 4 is 12.0 Å². The summed E-state index contributed by atoms with van der Waals surface area (Å²) in [6, 6.07) is -0.384. The zero-order valence-corrected chi connectivity index (χ0v) is 11.0. The van der Waals surface area contributed by atoms with Gasteiger partial charge in [0.15, 0.2) is 0 Å². The topological polar surface area (TPSA) is 118 Å². The lowest BCUT2D eigenvalue weighted by Crippen LogP contribution is -2.14. The molecule has 0 aliphatic carbocycles. The Hall–Kier alpha value is -1.46. The van der Waals surface area contributed by atoms with Gasteiger partial charge < -0.3 is 20.9 Å². The summed E-state index contributed by atoms with van der Waals surface area (Å²) in [6.07, 6.45) is 9.04. The molecule has 0 aromatic carbocycles. The molecule has 0 rings (SSSR count). The van der Waals surface area contributed by atoms with Crippen LogP contribution < -0.4 is 11.5 Å². The van der Waals surface area contributed by atoms with Crippen molar-refractivity contribution in [2.75, 3.05) is 13.2 Å². The molecule has 6 N–H and O–H groups in total. The predicted molar refractivity (Wildman–Crippen MR) is 72.7 cm³/mol. The van der Waals surface area contributed by atoms with Gasteiger partial charge in [-0.1, -0.05) is 38.5 Å². The summed E-state index contributed by atoms with van der Waals surface area (Å²) in [5.41, 5.74) is 10.1. The third-order valence-corrected chi connectivity index (χ3v) is 2.55. The highest BCUT2D eigenvalue weighted by atomic mass is 16.5. The first-order valence-corrected chi connectivity index (χ1v) is 6.56. The Balaban J connectivity index is 2.99. The minimum Gasteiger partial charge on any atom is -0.466 e. The van der Waals surface area contributed by atoms with Crippen molar-refractivity contribution < 1.29 is 9.47 Å². The van der Waals surface area contributed by atoms with Gasteiger partial charge in [-0.05, 0) is 12.8 Å². The van der Waals surface area contributed by atoms with Gasteiger partial charge in [0, 0.05) is 0 Å². The molecule has 0 bridgehead atoms. The average molecular weight is 258 g/mol. The monoisotopic (exact) mass is 258 g/mol. The van der Waals surface area contributed by atoms with Crippen LogP contribution >= 0.6 is 0 Å². The standard InChI is InChI=1S/C12H26N4O2/c13-11(14)17-9-7-5-3-1-2-4-6-8-10-18-12(15)16/h1-10H2,(H3,13,14)(H3,15,16). The molecule has 0 spiro atoms. The highest BCUT2D eigenvalue weighted by Crippen LogP contribution is 2.08. The lowest BCUT2D eigenvalue weighted by atomic mass is 10.1. The highest BCUT2D eigenvalue weighted by molar-refractivity contribution is 5.67. The molecule has 0 heterocycles. The lowest BCUT2D eigenvalue weighted by Gasteiger charge is -2.04. The number of rotatable bonds is 11. The Morgan fingerprint density at radius 3 is 1.17 bits per heavy atom. The molecule has 6 nitrogen and oxygen atoms in total. The number of hydrogen-bond acceptors (Lipinski definition) is 4. The predicted octanol–water partition coefficient (Wildman–Crippen LogP) is 1.93. The van der Waals surface area contributed by atoms with Gasteiger partial charge in [0.2, 0.25) is 0 Å². The van der Waals surface area contributed by atoms with Gasteiger partial charge in [-0.2, -0.15) is 0 Å². The molecule has 0 fully saturated rings. The maximum atomic E-state index is 6.87. The van der Waals surface area contributed by atoms with E-state index < -0.39 is 0 Å². The van der Waals surface area contributed by atoms with Crippen molar-refractivity contribution in [3.8, 4) is 0 Å². The van der Waals surface area contributed by atoms with Gasteiger partial charge in [-0.15, -0.1) is 0 Å². The maximum Gasteiger partial charge on any atom is 0.278 e. The molecule has 106 valence electrons. The van der Waals surface area contributed by atoms with E-state index in [4.69, 9.17) is 31.8 Å². The van der Waals surface area contributed by atoms with E-state index in [1.165, 1.54) is 25.7 Å². The Morgan fingerprint density at radius 2 is 0.889 bits per heavy atom. The van der Waals surface area contributed by atoms with Gasteiger partial charge in [-0.25, -0.2) is 0 Å². The third kappa shape index (κ3) is 14.5. The fraction of sp³-hybridized carbons (Fsp3) is 0.833. The second kappa shape index (κ2) is 12.0. The number of nitrogens with one attached hydrogen (secondary N) is 2. The van der Waals surface area contributed by atoms with E-state index in [9.17, 15) is 0 Å². The SMILES string of the molecule is N=C(N)OCCCCCCCCCCOC(=N)N. The van der Waals surface area contributed by atoms with Gasteiger partial charge in [0.25, 0.3) is 12.0 Å². The molecule has 0 aromatic rings. The molecule has 0 saturated heterocycles. The van der Waals surface area contributed by atoms with Crippen LogP contribution in [0.15, 0.2) is 0 Å². The molecule has 0 radical (unpaired) electrons. The van der Waals surface area contributed by atoms with E-state index in [2.05, 4.69) is 0 Å². The molecule has 0 amide bonds. The molecule has 18 heavy (non-hydrogen) atoms. The summed E-state index contributed by atoms with van der Waals surface area (Å²) >= 11 is 0. The van der Waals surface area contributed by atoms with Crippen molar-refractivity contribution in [2.24, 2.45) is 11.5 Å². The molecule has 0 unspecified atom stereocenters. The molecule has 0 atom stereocenters. The van der Waals surface area contributed by atoms with Crippen molar-refractivity contribution in [2.45, 2.75) is 51.4 Å². The van der Waals surface area contributed by atoms with Gasteiger partial charge in [-0.3, -0.25) is 10.8 Å². The number of hydrogen-bond donors (Lipinski definition) is 4. The number of unbranched alkanes of at least 4 members (excludes halogenated alkanes) is 7. The normalized spacial score (nSPS) is 10.0. The smallest absolute Gasteiger partial charge is 0.278 e. The van der Waals surface area contributed by atoms with Crippen molar-refractivity contribution in [1.29, 1.82) is 10.8 Å². The van der Waals surface area contributed by atoms with Crippen LogP contribution in [0.2, 0.25) is 0 Å². The van der Waals surface area contributed by atoms with Crippen LogP contribution in [0.5, 0.6) is 0 Å². The van der Waals surface area contributed by atoms with E-state index in [1.54, 1.807) is 0 Å². The van der Waals surface area contributed by atoms with E-state index in [0.717, 1.165) is 25.7 Å². The maximum absolute atomic E-state index is 6.87. The molecule has 0 aliphatic rings. The van der Waals surface area contributed by atoms with E-state index in [1.807, 2.05) is 0 Å². The van der Waals surface area contributed by atoms with E-state index in [-0.39, 0.29) is 12.0 Å². The van der Waals surface area contributed by atoms with Gasteiger partial charge in [0.1, 0.15) is 0 Å². The van der Waals surface area contributed by atoms with Crippen LogP contribution in [0, 0.1) is 10.8 Å². The van der Waals surface area contributed by atoms with Crippen LogP contribution in [-0.4, -0.2) is 25.3 Å². The first kappa shape index (κ1) is 16.5. The minimum absolute atomic E-state index is 0.192. The first-order chi connectivity index (χ1) is 8.63. The second-order valence-corrected chi connectivity index (χ2v) is 4.25. The highest BCUT2D eigenvalue weighted by Gasteiger charge is 1.94. The largest absolute Gasteiger partial charge is 0.466 e. The first-order valence-electron chi connectivity index (χ1n) is 6.56. The van der Waals surface area contributed by atoms with E-state index in [0.29, 0.717) is 13.2 Å². The summed E-state index contributed by atoms with van der Waals surface area (Å²) in [4.78, 5) is 0. The van der Waals surface area contributed by atoms with Gasteiger partial charge >= 0.3 is 0 Å². The molecular formula is C12H26N4O2. The van der Waals surface area contributed by atoms with Crippen LogP contribution in [0.25, 0.3) is 0 Å². The van der Waals surface area contributed by atoms with Crippen molar-refractivity contribution in [1.82, 2.24) is 0 Å². The van der Waals surface area contributed by atoms with Crippen LogP contribution in [0.1, 0.15) is 51.4 Å². The number of ether oxygens (including phenoxy) is 2. The Morgan fingerprint density at radius 1 is 0.611 bits per heavy atom. The summed E-state index contributed by atoms with van der Waals surface area (Å²) < 4.78 is 9.71. The lowest BCUT2D eigenvalue weighted by molar-refractivity contribution is 0.282. The number of amidine groups is 2. The molecular weight excluding hydrogens is 232 g/mol. The summed E-state index contributed by atoms with van der Waals surface area (Å²) in [7, 11) is 0. The summed E-state index contributed by atoms with van der Waals surface area (Å²) in [6.45, 7) is 1.11. The van der Waals surface area contributed by atoms with Crippen LogP contribution in [0.3, 0.4) is 0 Å². The fourth-order valence-corrected chi connectivity index (χ4v) is 1.63. The van der Waals surface area contributed by atoms with Gasteiger partial charge in [0.05, 0.1) is 13.2 Å². The van der Waals surface area contributed by atoms with Crippen molar-refractivity contribution in [3.63, 3.8) is 0 Å². The van der Waals surface area contributed by atoms with Crippen LogP contribution in [-0.2, 0) is 9.47 Å². The minimum atomic E-state index is -0.192. The average Bonchev–Trinajstić information content (AvgIpc) is 2.29. The van der Waals surface area contributed by atoms with E-state index >= 15 is 0 Å². The summed E-state index contributed by atoms with van der Waals surface area (Å²) in [5, 5.41) is 13.7. The quantitative estimate of drug-likeness (QED) is 0.257. The zero-order chi connectivity index (χ0) is 13.6. The van der Waals surface area contributed by atoms with Crippen LogP contribution in [0.4, 0.5) is 0 Å². The Labute approximate surface area is 109 Å². The molecule has 0 saturated carbocycles. The third-order valence-electron chi connectivity index (χ3n) is 2.55. The Bertz CT molecular complexity index is 210. The zero-order valence-electron chi connectivity index (χ0n) is 11.0. The molecule has 0 aliphatic heterocycles. The number of nitrogens with two attached hydrogens (primary N) is 2. The fourth-order valence-electron chi connectivity index (χ4n) is 1.63. The molecule has 0 aromatic heterocycles. The summed E-state index contributed by atoms with van der Waals surface area (Å²) in [5.74, 6) is 0.